The van der Waals surface area contributed by atoms with Crippen LogP contribution < -0.4 is 0 Å². The van der Waals surface area contributed by atoms with Crippen LogP contribution in [0, 0.1) is 0 Å². The second kappa shape index (κ2) is 6.17. The summed E-state index contributed by atoms with van der Waals surface area (Å²) in [5.74, 6) is 0. The van der Waals surface area contributed by atoms with Gasteiger partial charge in [-0.05, 0) is 36.8 Å². The van der Waals surface area contributed by atoms with Gasteiger partial charge in [0.1, 0.15) is 0 Å². The summed E-state index contributed by atoms with van der Waals surface area (Å²) in [5.41, 5.74) is 10.1. The van der Waals surface area contributed by atoms with Crippen molar-refractivity contribution >= 4 is 15.9 Å². The summed E-state index contributed by atoms with van der Waals surface area (Å²) in [6, 6.07) is 11.7. The van der Waals surface area contributed by atoms with E-state index in [1.54, 1.807) is 0 Å². The summed E-state index contributed by atoms with van der Waals surface area (Å²) in [4.78, 5) is 6.17. The van der Waals surface area contributed by atoms with Crippen LogP contribution in [0.25, 0.3) is 10.4 Å². The minimum absolute atomic E-state index is 0.139. The predicted molar refractivity (Wildman–Crippen MR) is 83.7 cm³/mol. The van der Waals surface area contributed by atoms with Crippen LogP contribution in [0.1, 0.15) is 31.2 Å². The van der Waals surface area contributed by atoms with Crippen molar-refractivity contribution in [2.75, 3.05) is 0 Å². The number of piperidine rings is 2. The van der Waals surface area contributed by atoms with E-state index < -0.39 is 0 Å². The molecule has 5 heteroatoms. The first-order chi connectivity index (χ1) is 9.79. The average molecular weight is 335 g/mol. The van der Waals surface area contributed by atoms with Gasteiger partial charge >= 0.3 is 0 Å². The van der Waals surface area contributed by atoms with Crippen molar-refractivity contribution < 1.29 is 0 Å². The Morgan fingerprint density at radius 1 is 1.15 bits per heavy atom. The molecule has 0 N–H and O–H groups in total. The van der Waals surface area contributed by atoms with Crippen LogP contribution in [-0.2, 0) is 6.54 Å². The Morgan fingerprint density at radius 3 is 2.65 bits per heavy atom. The zero-order chi connectivity index (χ0) is 13.9. The lowest BCUT2D eigenvalue weighted by molar-refractivity contribution is 0.0257. The van der Waals surface area contributed by atoms with E-state index in [-0.39, 0.29) is 6.04 Å². The molecule has 2 fully saturated rings. The van der Waals surface area contributed by atoms with Gasteiger partial charge in [0.2, 0.25) is 0 Å². The number of azide groups is 1. The zero-order valence-corrected chi connectivity index (χ0v) is 13.0. The Bertz CT molecular complexity index is 500. The van der Waals surface area contributed by atoms with Gasteiger partial charge in [0.05, 0.1) is 6.04 Å². The fraction of sp³-hybridized carbons (Fsp3) is 0.600. The fourth-order valence-corrected chi connectivity index (χ4v) is 4.50. The predicted octanol–water partition coefficient (Wildman–Crippen LogP) is 4.26. The van der Waals surface area contributed by atoms with E-state index in [0.717, 1.165) is 25.8 Å². The fourth-order valence-electron chi connectivity index (χ4n) is 3.67. The number of fused-ring (bicyclic) bond motifs is 2. The summed E-state index contributed by atoms with van der Waals surface area (Å²) < 4.78 is 0. The van der Waals surface area contributed by atoms with Gasteiger partial charge in [-0.3, -0.25) is 4.90 Å². The molecule has 2 aliphatic rings. The molecule has 106 valence electrons. The van der Waals surface area contributed by atoms with E-state index in [0.29, 0.717) is 16.9 Å². The van der Waals surface area contributed by atoms with Gasteiger partial charge in [-0.1, -0.05) is 51.4 Å². The Hall–Kier alpha value is -1.03. The van der Waals surface area contributed by atoms with Crippen LogP contribution in [0.3, 0.4) is 0 Å². The summed E-state index contributed by atoms with van der Waals surface area (Å²) in [6.07, 6.45) is 4.43. The molecule has 2 aliphatic heterocycles. The standard InChI is InChI=1S/C15H19BrN4/c16-12-6-8-15-13(18-19-17)7-9-14(12)20(15)10-11-4-2-1-3-5-11/h1-5,12-15H,6-10H2. The average Bonchev–Trinajstić information content (AvgIpc) is 2.46. The molecule has 2 bridgehead atoms. The monoisotopic (exact) mass is 334 g/mol. The molecule has 4 atom stereocenters. The number of hydrogen-bond acceptors (Lipinski definition) is 2. The molecule has 0 saturated carbocycles. The molecule has 0 radical (unpaired) electrons. The van der Waals surface area contributed by atoms with E-state index in [9.17, 15) is 0 Å². The number of benzene rings is 1. The van der Waals surface area contributed by atoms with Gasteiger partial charge in [-0.2, -0.15) is 0 Å². The molecule has 1 aromatic carbocycles. The third-order valence-corrected chi connectivity index (χ3v) is 5.69. The van der Waals surface area contributed by atoms with Crippen molar-refractivity contribution in [2.45, 2.75) is 55.2 Å². The molecule has 0 spiro atoms. The molecule has 0 aliphatic carbocycles. The van der Waals surface area contributed by atoms with Crippen molar-refractivity contribution in [1.82, 2.24) is 4.90 Å². The molecule has 2 heterocycles. The van der Waals surface area contributed by atoms with Crippen LogP contribution in [0.4, 0.5) is 0 Å². The highest BCUT2D eigenvalue weighted by molar-refractivity contribution is 9.09. The van der Waals surface area contributed by atoms with Gasteiger partial charge in [-0.15, -0.1) is 0 Å². The summed E-state index contributed by atoms with van der Waals surface area (Å²) in [6.45, 7) is 0.954. The minimum Gasteiger partial charge on any atom is -0.292 e. The number of rotatable bonds is 3. The van der Waals surface area contributed by atoms with Crippen LogP contribution in [0.15, 0.2) is 35.4 Å². The first-order valence-electron chi connectivity index (χ1n) is 7.27. The molecular formula is C15H19BrN4. The second-order valence-electron chi connectivity index (χ2n) is 5.74. The summed E-state index contributed by atoms with van der Waals surface area (Å²) >= 11 is 3.84. The largest absolute Gasteiger partial charge is 0.292 e. The van der Waals surface area contributed by atoms with Crippen molar-refractivity contribution in [3.8, 4) is 0 Å². The smallest absolute Gasteiger partial charge is 0.0530 e. The topological polar surface area (TPSA) is 52.0 Å². The highest BCUT2D eigenvalue weighted by atomic mass is 79.9. The van der Waals surface area contributed by atoms with Gasteiger partial charge < -0.3 is 0 Å². The maximum Gasteiger partial charge on any atom is 0.0530 e. The second-order valence-corrected chi connectivity index (χ2v) is 6.91. The molecule has 2 saturated heterocycles. The first kappa shape index (κ1) is 13.9. The number of alkyl halides is 1. The Morgan fingerprint density at radius 2 is 1.90 bits per heavy atom. The molecule has 0 aromatic heterocycles. The van der Waals surface area contributed by atoms with E-state index in [2.05, 4.69) is 61.2 Å². The Kier molecular flexibility index (Phi) is 4.29. The quantitative estimate of drug-likeness (QED) is 0.352. The maximum atomic E-state index is 8.77. The lowest BCUT2D eigenvalue weighted by atomic mass is 9.81. The SMILES string of the molecule is [N-]=[N+]=NC1CCC2C(Br)CCC1N2Cc1ccccc1. The molecule has 20 heavy (non-hydrogen) atoms. The highest BCUT2D eigenvalue weighted by Gasteiger charge is 2.42. The molecule has 1 aromatic rings. The normalized spacial score (nSPS) is 33.5. The van der Waals surface area contributed by atoms with Crippen molar-refractivity contribution in [3.63, 3.8) is 0 Å². The van der Waals surface area contributed by atoms with Gasteiger partial charge in [0.15, 0.2) is 0 Å². The lowest BCUT2D eigenvalue weighted by Gasteiger charge is -2.51. The van der Waals surface area contributed by atoms with Crippen molar-refractivity contribution in [1.29, 1.82) is 0 Å². The van der Waals surface area contributed by atoms with Crippen LogP contribution in [0.2, 0.25) is 0 Å². The molecule has 4 unspecified atom stereocenters. The van der Waals surface area contributed by atoms with Gasteiger partial charge in [0.25, 0.3) is 0 Å². The van der Waals surface area contributed by atoms with Crippen LogP contribution in [0.5, 0.6) is 0 Å². The number of hydrogen-bond donors (Lipinski definition) is 0. The van der Waals surface area contributed by atoms with Gasteiger partial charge in [-0.25, -0.2) is 0 Å². The summed E-state index contributed by atoms with van der Waals surface area (Å²) in [7, 11) is 0. The minimum atomic E-state index is 0.139. The van der Waals surface area contributed by atoms with E-state index in [1.807, 2.05) is 0 Å². The highest BCUT2D eigenvalue weighted by Crippen LogP contribution is 2.39. The molecule has 3 rings (SSSR count). The van der Waals surface area contributed by atoms with Crippen molar-refractivity contribution in [3.05, 3.63) is 46.3 Å². The maximum absolute atomic E-state index is 8.77. The zero-order valence-electron chi connectivity index (χ0n) is 11.4. The van der Waals surface area contributed by atoms with E-state index in [4.69, 9.17) is 5.53 Å². The lowest BCUT2D eigenvalue weighted by Crippen LogP contribution is -2.58. The third kappa shape index (κ3) is 2.71. The van der Waals surface area contributed by atoms with Crippen molar-refractivity contribution in [2.24, 2.45) is 5.11 Å². The van der Waals surface area contributed by atoms with Crippen LogP contribution >= 0.6 is 15.9 Å². The van der Waals surface area contributed by atoms with Gasteiger partial charge in [0, 0.05) is 28.4 Å². The third-order valence-electron chi connectivity index (χ3n) is 4.62. The summed E-state index contributed by atoms with van der Waals surface area (Å²) in [5, 5.41) is 4.04. The number of nitrogens with zero attached hydrogens (tertiary/aromatic N) is 4. The molecule has 4 nitrogen and oxygen atoms in total. The number of halogens is 1. The Balaban J connectivity index is 1.83. The molecular weight excluding hydrogens is 316 g/mol. The van der Waals surface area contributed by atoms with E-state index >= 15 is 0 Å². The Labute approximate surface area is 127 Å². The van der Waals surface area contributed by atoms with E-state index in [1.165, 1.54) is 12.0 Å². The first-order valence-corrected chi connectivity index (χ1v) is 8.19. The van der Waals surface area contributed by atoms with Crippen LogP contribution in [-0.4, -0.2) is 27.9 Å². The molecule has 0 amide bonds.